The van der Waals surface area contributed by atoms with Gasteiger partial charge >= 0.3 is 0 Å². The maximum Gasteiger partial charge on any atom is 0.203 e. The van der Waals surface area contributed by atoms with Crippen LogP contribution in [0.4, 0.5) is 0 Å². The van der Waals surface area contributed by atoms with E-state index >= 15 is 0 Å². The van der Waals surface area contributed by atoms with E-state index in [-0.39, 0.29) is 12.4 Å². The van der Waals surface area contributed by atoms with Crippen LogP contribution in [0.15, 0.2) is 12.1 Å². The van der Waals surface area contributed by atoms with E-state index in [1.165, 1.54) is 0 Å². The third-order valence-corrected chi connectivity index (χ3v) is 2.49. The highest BCUT2D eigenvalue weighted by Crippen LogP contribution is 2.39. The highest BCUT2D eigenvalue weighted by atomic mass is 35.5. The second-order valence-electron chi connectivity index (χ2n) is 4.03. The molecule has 0 unspecified atom stereocenters. The normalized spacial score (nSPS) is 9.89. The number of methoxy groups -OCH3 is 3. The molecule has 1 N–H and O–H groups in total. The lowest BCUT2D eigenvalue weighted by Gasteiger charge is -2.16. The summed E-state index contributed by atoms with van der Waals surface area (Å²) in [5.41, 5.74) is 1.05. The van der Waals surface area contributed by atoms with E-state index in [1.807, 2.05) is 12.1 Å². The fourth-order valence-electron chi connectivity index (χ4n) is 1.62. The quantitative estimate of drug-likeness (QED) is 0.866. The molecule has 0 aromatic heterocycles. The van der Waals surface area contributed by atoms with Gasteiger partial charge in [0.15, 0.2) is 11.5 Å². The van der Waals surface area contributed by atoms with Crippen molar-refractivity contribution in [1.82, 2.24) is 5.32 Å². The largest absolute Gasteiger partial charge is 0.493 e. The highest BCUT2D eigenvalue weighted by molar-refractivity contribution is 5.85. The van der Waals surface area contributed by atoms with Gasteiger partial charge in [0.05, 0.1) is 21.3 Å². The monoisotopic (exact) mass is 275 g/mol. The first-order valence-electron chi connectivity index (χ1n) is 5.65. The van der Waals surface area contributed by atoms with Crippen molar-refractivity contribution < 1.29 is 14.2 Å². The van der Waals surface area contributed by atoms with Crippen LogP contribution in [0.3, 0.4) is 0 Å². The third kappa shape index (κ3) is 3.96. The van der Waals surface area contributed by atoms with Gasteiger partial charge in [0.1, 0.15) is 0 Å². The van der Waals surface area contributed by atoms with Gasteiger partial charge in [-0.15, -0.1) is 12.4 Å². The average molecular weight is 276 g/mol. The summed E-state index contributed by atoms with van der Waals surface area (Å²) in [6, 6.07) is 4.29. The first-order chi connectivity index (χ1) is 8.13. The Morgan fingerprint density at radius 2 is 1.61 bits per heavy atom. The summed E-state index contributed by atoms with van der Waals surface area (Å²) in [6.07, 6.45) is 0. The number of rotatable bonds is 6. The van der Waals surface area contributed by atoms with Gasteiger partial charge in [0.2, 0.25) is 5.75 Å². The van der Waals surface area contributed by atoms with Crippen molar-refractivity contribution in [1.29, 1.82) is 0 Å². The molecule has 5 heteroatoms. The number of benzene rings is 1. The lowest BCUT2D eigenvalue weighted by molar-refractivity contribution is 0.321. The van der Waals surface area contributed by atoms with Gasteiger partial charge in [-0.05, 0) is 6.07 Å². The SMILES string of the molecule is COc1ccc(CNC(C)C)c(OC)c1OC.Cl. The zero-order chi connectivity index (χ0) is 12.8. The molecular weight excluding hydrogens is 254 g/mol. The van der Waals surface area contributed by atoms with Crippen LogP contribution in [-0.2, 0) is 6.54 Å². The molecule has 0 heterocycles. The topological polar surface area (TPSA) is 39.7 Å². The van der Waals surface area contributed by atoms with Crippen LogP contribution >= 0.6 is 12.4 Å². The number of hydrogen-bond donors (Lipinski definition) is 1. The Bertz CT molecular complexity index is 369. The van der Waals surface area contributed by atoms with Crippen LogP contribution in [0.1, 0.15) is 19.4 Å². The molecule has 0 amide bonds. The molecule has 0 aliphatic rings. The number of ether oxygens (including phenoxy) is 3. The van der Waals surface area contributed by atoms with E-state index in [0.717, 1.165) is 17.9 Å². The summed E-state index contributed by atoms with van der Waals surface area (Å²) < 4.78 is 16.0. The van der Waals surface area contributed by atoms with E-state index in [1.54, 1.807) is 21.3 Å². The first-order valence-corrected chi connectivity index (χ1v) is 5.65. The number of halogens is 1. The predicted molar refractivity (Wildman–Crippen MR) is 75.3 cm³/mol. The second-order valence-corrected chi connectivity index (χ2v) is 4.03. The van der Waals surface area contributed by atoms with Gasteiger partial charge in [-0.3, -0.25) is 0 Å². The van der Waals surface area contributed by atoms with Crippen LogP contribution in [0.2, 0.25) is 0 Å². The standard InChI is InChI=1S/C13H21NO3.ClH/c1-9(2)14-8-10-6-7-11(15-3)13(17-5)12(10)16-4;/h6-7,9,14H,8H2,1-5H3;1H. The maximum absolute atomic E-state index is 5.40. The molecule has 0 atom stereocenters. The summed E-state index contributed by atoms with van der Waals surface area (Å²) in [5, 5.41) is 3.35. The van der Waals surface area contributed by atoms with Gasteiger partial charge < -0.3 is 19.5 Å². The van der Waals surface area contributed by atoms with Crippen LogP contribution in [0.25, 0.3) is 0 Å². The minimum atomic E-state index is 0. The lowest BCUT2D eigenvalue weighted by atomic mass is 10.1. The Kier molecular flexibility index (Phi) is 7.55. The predicted octanol–water partition coefficient (Wildman–Crippen LogP) is 2.63. The molecule has 104 valence electrons. The van der Waals surface area contributed by atoms with Gasteiger partial charge in [0.25, 0.3) is 0 Å². The zero-order valence-electron chi connectivity index (χ0n) is 11.6. The molecule has 0 bridgehead atoms. The van der Waals surface area contributed by atoms with Crippen LogP contribution in [0.5, 0.6) is 17.2 Å². The molecule has 4 nitrogen and oxygen atoms in total. The number of hydrogen-bond acceptors (Lipinski definition) is 4. The molecule has 0 saturated carbocycles. The molecule has 0 radical (unpaired) electrons. The zero-order valence-corrected chi connectivity index (χ0v) is 12.4. The summed E-state index contributed by atoms with van der Waals surface area (Å²) in [7, 11) is 4.86. The van der Waals surface area contributed by atoms with E-state index in [9.17, 15) is 0 Å². The van der Waals surface area contributed by atoms with Crippen molar-refractivity contribution in [3.05, 3.63) is 17.7 Å². The van der Waals surface area contributed by atoms with E-state index < -0.39 is 0 Å². The van der Waals surface area contributed by atoms with Gasteiger partial charge in [-0.25, -0.2) is 0 Å². The first kappa shape index (κ1) is 16.9. The third-order valence-electron chi connectivity index (χ3n) is 2.49. The summed E-state index contributed by atoms with van der Waals surface area (Å²) >= 11 is 0. The van der Waals surface area contributed by atoms with Crippen LogP contribution in [-0.4, -0.2) is 27.4 Å². The minimum absolute atomic E-state index is 0. The Labute approximate surface area is 115 Å². The fourth-order valence-corrected chi connectivity index (χ4v) is 1.62. The summed E-state index contributed by atoms with van der Waals surface area (Å²) in [5.74, 6) is 2.04. The van der Waals surface area contributed by atoms with Crippen molar-refractivity contribution in [3.63, 3.8) is 0 Å². The van der Waals surface area contributed by atoms with Gasteiger partial charge in [0, 0.05) is 18.2 Å². The Morgan fingerprint density at radius 3 is 2.06 bits per heavy atom. The molecule has 0 saturated heterocycles. The molecule has 0 spiro atoms. The van der Waals surface area contributed by atoms with Crippen molar-refractivity contribution in [2.24, 2.45) is 0 Å². The Hall–Kier alpha value is -1.13. The Morgan fingerprint density at radius 1 is 1.00 bits per heavy atom. The smallest absolute Gasteiger partial charge is 0.203 e. The van der Waals surface area contributed by atoms with E-state index in [2.05, 4.69) is 19.2 Å². The van der Waals surface area contributed by atoms with Crippen LogP contribution < -0.4 is 19.5 Å². The highest BCUT2D eigenvalue weighted by Gasteiger charge is 2.15. The van der Waals surface area contributed by atoms with Gasteiger partial charge in [-0.2, -0.15) is 0 Å². The fraction of sp³-hybridized carbons (Fsp3) is 0.538. The second kappa shape index (κ2) is 8.06. The lowest BCUT2D eigenvalue weighted by Crippen LogP contribution is -2.22. The van der Waals surface area contributed by atoms with Crippen molar-refractivity contribution in [2.45, 2.75) is 26.4 Å². The molecule has 1 rings (SSSR count). The van der Waals surface area contributed by atoms with Crippen molar-refractivity contribution in [2.75, 3.05) is 21.3 Å². The molecule has 0 aliphatic carbocycles. The van der Waals surface area contributed by atoms with Crippen molar-refractivity contribution in [3.8, 4) is 17.2 Å². The molecular formula is C13H22ClNO3. The molecule has 1 aromatic carbocycles. The van der Waals surface area contributed by atoms with Crippen molar-refractivity contribution >= 4 is 12.4 Å². The maximum atomic E-state index is 5.40. The Balaban J connectivity index is 0.00000289. The minimum Gasteiger partial charge on any atom is -0.493 e. The molecule has 18 heavy (non-hydrogen) atoms. The van der Waals surface area contributed by atoms with Crippen LogP contribution in [0, 0.1) is 0 Å². The summed E-state index contributed by atoms with van der Waals surface area (Å²) in [4.78, 5) is 0. The average Bonchev–Trinajstić information content (AvgIpc) is 2.34. The number of nitrogens with one attached hydrogen (secondary N) is 1. The molecule has 1 aromatic rings. The molecule has 0 fully saturated rings. The molecule has 0 aliphatic heterocycles. The van der Waals surface area contributed by atoms with E-state index in [4.69, 9.17) is 14.2 Å². The summed E-state index contributed by atoms with van der Waals surface area (Å²) in [6.45, 7) is 4.95. The van der Waals surface area contributed by atoms with E-state index in [0.29, 0.717) is 17.5 Å². The van der Waals surface area contributed by atoms with Gasteiger partial charge in [-0.1, -0.05) is 19.9 Å².